The summed E-state index contributed by atoms with van der Waals surface area (Å²) in [6.45, 7) is 5.00. The van der Waals surface area contributed by atoms with E-state index in [0.29, 0.717) is 44.1 Å². The molecule has 0 N–H and O–H groups in total. The summed E-state index contributed by atoms with van der Waals surface area (Å²) < 4.78 is 49.0. The standard InChI is InChI=1S/C22H28FN3O5S/c1-4-5-6-22(27)26-11-9-16(10-12-26)30-20-14-21(25-15(2)24-20)31-19-8-7-17(13-18(19)23)32(3,28)29/h7-8,13-14,16H,4-6,9-12H2,1-3H3. The molecule has 0 atom stereocenters. The van der Waals surface area contributed by atoms with Crippen molar-refractivity contribution in [1.82, 2.24) is 14.9 Å². The van der Waals surface area contributed by atoms with Crippen LogP contribution in [0, 0.1) is 12.7 Å². The fourth-order valence-corrected chi connectivity index (χ4v) is 4.05. The maximum Gasteiger partial charge on any atom is 0.226 e. The van der Waals surface area contributed by atoms with Crippen LogP contribution in [0.15, 0.2) is 29.2 Å². The molecule has 1 amide bonds. The molecule has 1 aliphatic rings. The van der Waals surface area contributed by atoms with Crippen molar-refractivity contribution in [1.29, 1.82) is 0 Å². The van der Waals surface area contributed by atoms with Crippen LogP contribution in [0.4, 0.5) is 4.39 Å². The third-order valence-electron chi connectivity index (χ3n) is 5.16. The van der Waals surface area contributed by atoms with Crippen LogP contribution in [0.5, 0.6) is 17.5 Å². The maximum absolute atomic E-state index is 14.3. The first-order valence-corrected chi connectivity index (χ1v) is 12.5. The Morgan fingerprint density at radius 2 is 1.88 bits per heavy atom. The summed E-state index contributed by atoms with van der Waals surface area (Å²) in [5, 5.41) is 0. The molecular formula is C22H28FN3O5S. The highest BCUT2D eigenvalue weighted by atomic mass is 32.2. The zero-order valence-corrected chi connectivity index (χ0v) is 19.3. The van der Waals surface area contributed by atoms with Gasteiger partial charge in [-0.15, -0.1) is 0 Å². The lowest BCUT2D eigenvalue weighted by atomic mass is 10.1. The van der Waals surface area contributed by atoms with Gasteiger partial charge in [-0.1, -0.05) is 13.3 Å². The quantitative estimate of drug-likeness (QED) is 0.586. The Morgan fingerprint density at radius 1 is 1.19 bits per heavy atom. The zero-order valence-electron chi connectivity index (χ0n) is 18.5. The van der Waals surface area contributed by atoms with Crippen LogP contribution in [0.25, 0.3) is 0 Å². The first kappa shape index (κ1) is 23.9. The lowest BCUT2D eigenvalue weighted by Gasteiger charge is -2.32. The van der Waals surface area contributed by atoms with Crippen LogP contribution in [-0.2, 0) is 14.6 Å². The smallest absolute Gasteiger partial charge is 0.226 e. The number of benzene rings is 1. The second kappa shape index (κ2) is 10.2. The van der Waals surface area contributed by atoms with Crippen molar-refractivity contribution in [2.45, 2.75) is 57.0 Å². The minimum atomic E-state index is -3.52. The topological polar surface area (TPSA) is 98.7 Å². The Kier molecular flexibility index (Phi) is 7.65. The summed E-state index contributed by atoms with van der Waals surface area (Å²) in [6.07, 6.45) is 4.76. The average Bonchev–Trinajstić information content (AvgIpc) is 2.73. The number of aromatic nitrogens is 2. The summed E-state index contributed by atoms with van der Waals surface area (Å²) in [7, 11) is -3.52. The van der Waals surface area contributed by atoms with Crippen molar-refractivity contribution in [3.8, 4) is 17.5 Å². The normalized spacial score (nSPS) is 14.9. The van der Waals surface area contributed by atoms with E-state index in [2.05, 4.69) is 16.9 Å². The Bertz CT molecular complexity index is 1070. The van der Waals surface area contributed by atoms with Crippen molar-refractivity contribution in [3.05, 3.63) is 35.9 Å². The minimum Gasteiger partial charge on any atom is -0.474 e. The van der Waals surface area contributed by atoms with Crippen molar-refractivity contribution in [2.24, 2.45) is 0 Å². The third-order valence-corrected chi connectivity index (χ3v) is 6.27. The van der Waals surface area contributed by atoms with Crippen LogP contribution in [0.2, 0.25) is 0 Å². The highest BCUT2D eigenvalue weighted by Gasteiger charge is 2.24. The number of amides is 1. The molecule has 0 spiro atoms. The lowest BCUT2D eigenvalue weighted by molar-refractivity contribution is -0.133. The number of unbranched alkanes of at least 4 members (excludes halogenated alkanes) is 1. The first-order chi connectivity index (χ1) is 15.2. The number of ether oxygens (including phenoxy) is 2. The summed E-state index contributed by atoms with van der Waals surface area (Å²) in [6, 6.07) is 4.89. The highest BCUT2D eigenvalue weighted by molar-refractivity contribution is 7.90. The Balaban J connectivity index is 1.64. The van der Waals surface area contributed by atoms with Gasteiger partial charge in [0.15, 0.2) is 21.4 Å². The predicted octanol–water partition coefficient (Wildman–Crippen LogP) is 3.68. The number of piperidine rings is 1. The Morgan fingerprint density at radius 3 is 2.50 bits per heavy atom. The summed E-state index contributed by atoms with van der Waals surface area (Å²) >= 11 is 0. The fourth-order valence-electron chi connectivity index (χ4n) is 3.41. The van der Waals surface area contributed by atoms with Gasteiger partial charge in [-0.3, -0.25) is 4.79 Å². The van der Waals surface area contributed by atoms with Gasteiger partial charge in [-0.25, -0.2) is 12.8 Å². The molecule has 0 radical (unpaired) electrons. The van der Waals surface area contributed by atoms with E-state index in [4.69, 9.17) is 9.47 Å². The lowest BCUT2D eigenvalue weighted by Crippen LogP contribution is -2.41. The largest absolute Gasteiger partial charge is 0.474 e. The number of aryl methyl sites for hydroxylation is 1. The van der Waals surface area contributed by atoms with Gasteiger partial charge in [0.05, 0.1) is 11.0 Å². The van der Waals surface area contributed by atoms with Gasteiger partial charge in [-0.05, 0) is 31.5 Å². The number of rotatable bonds is 8. The summed E-state index contributed by atoms with van der Waals surface area (Å²) in [5.74, 6) is -0.00476. The van der Waals surface area contributed by atoms with Crippen LogP contribution in [0.3, 0.4) is 0 Å². The van der Waals surface area contributed by atoms with E-state index in [1.165, 1.54) is 18.2 Å². The van der Waals surface area contributed by atoms with Crippen LogP contribution >= 0.6 is 0 Å². The van der Waals surface area contributed by atoms with Crippen molar-refractivity contribution < 1.29 is 27.1 Å². The van der Waals surface area contributed by atoms with E-state index in [9.17, 15) is 17.6 Å². The number of hydrogen-bond acceptors (Lipinski definition) is 7. The molecule has 3 rings (SSSR count). The number of likely N-dealkylation sites (tertiary alicyclic amines) is 1. The molecule has 0 saturated carbocycles. The number of sulfone groups is 1. The van der Waals surface area contributed by atoms with E-state index < -0.39 is 15.7 Å². The van der Waals surface area contributed by atoms with Gasteiger partial charge in [0.25, 0.3) is 0 Å². The number of hydrogen-bond donors (Lipinski definition) is 0. The molecule has 1 aliphatic heterocycles. The monoisotopic (exact) mass is 465 g/mol. The second-order valence-electron chi connectivity index (χ2n) is 7.86. The summed E-state index contributed by atoms with van der Waals surface area (Å²) in [5.41, 5.74) is 0. The van der Waals surface area contributed by atoms with Gasteiger partial charge in [0.2, 0.25) is 17.7 Å². The van der Waals surface area contributed by atoms with E-state index >= 15 is 0 Å². The Labute approximate surface area is 187 Å². The number of halogens is 1. The van der Waals surface area contributed by atoms with Gasteiger partial charge >= 0.3 is 0 Å². The first-order valence-electron chi connectivity index (χ1n) is 10.6. The molecule has 2 heterocycles. The molecule has 0 bridgehead atoms. The average molecular weight is 466 g/mol. The van der Waals surface area contributed by atoms with Gasteiger partial charge in [0.1, 0.15) is 11.9 Å². The molecule has 1 aromatic carbocycles. The van der Waals surface area contributed by atoms with E-state index in [1.807, 2.05) is 4.90 Å². The van der Waals surface area contributed by atoms with Crippen LogP contribution < -0.4 is 9.47 Å². The van der Waals surface area contributed by atoms with Crippen molar-refractivity contribution in [2.75, 3.05) is 19.3 Å². The van der Waals surface area contributed by atoms with Gasteiger partial charge < -0.3 is 14.4 Å². The minimum absolute atomic E-state index is 0.0886. The molecule has 32 heavy (non-hydrogen) atoms. The van der Waals surface area contributed by atoms with Gasteiger partial charge in [-0.2, -0.15) is 9.97 Å². The number of carbonyl (C=O) groups is 1. The van der Waals surface area contributed by atoms with Crippen LogP contribution in [-0.4, -0.2) is 54.6 Å². The molecule has 1 fully saturated rings. The molecule has 0 unspecified atom stereocenters. The molecule has 1 aromatic heterocycles. The highest BCUT2D eigenvalue weighted by Crippen LogP contribution is 2.28. The van der Waals surface area contributed by atoms with Crippen molar-refractivity contribution >= 4 is 15.7 Å². The summed E-state index contributed by atoms with van der Waals surface area (Å²) in [4.78, 5) is 22.3. The molecular weight excluding hydrogens is 437 g/mol. The molecule has 0 aliphatic carbocycles. The maximum atomic E-state index is 14.3. The fraction of sp³-hybridized carbons (Fsp3) is 0.500. The van der Waals surface area contributed by atoms with E-state index in [-0.39, 0.29) is 28.5 Å². The second-order valence-corrected chi connectivity index (χ2v) is 9.88. The molecule has 8 nitrogen and oxygen atoms in total. The number of nitrogens with zero attached hydrogens (tertiary/aromatic N) is 3. The van der Waals surface area contributed by atoms with E-state index in [0.717, 1.165) is 25.2 Å². The van der Waals surface area contributed by atoms with E-state index in [1.54, 1.807) is 6.92 Å². The van der Waals surface area contributed by atoms with Crippen LogP contribution in [0.1, 0.15) is 44.9 Å². The van der Waals surface area contributed by atoms with Crippen molar-refractivity contribution in [3.63, 3.8) is 0 Å². The predicted molar refractivity (Wildman–Crippen MR) is 116 cm³/mol. The molecule has 2 aromatic rings. The molecule has 10 heteroatoms. The SMILES string of the molecule is CCCCC(=O)N1CCC(Oc2cc(Oc3ccc(S(C)(=O)=O)cc3F)nc(C)n2)CC1. The zero-order chi connectivity index (χ0) is 23.3. The molecule has 1 saturated heterocycles. The Hall–Kier alpha value is -2.75. The molecule has 174 valence electrons. The van der Waals surface area contributed by atoms with Gasteiger partial charge in [0, 0.05) is 38.6 Å². The number of carbonyl (C=O) groups excluding carboxylic acids is 1. The third kappa shape index (κ3) is 6.38.